The molecule has 0 aliphatic carbocycles. The van der Waals surface area contributed by atoms with Gasteiger partial charge in [-0.2, -0.15) is 0 Å². The van der Waals surface area contributed by atoms with E-state index in [0.29, 0.717) is 10.0 Å². The highest BCUT2D eigenvalue weighted by Gasteiger charge is 1.99. The fourth-order valence-corrected chi connectivity index (χ4v) is 1.83. The van der Waals surface area contributed by atoms with E-state index in [4.69, 9.17) is 23.2 Å². The molecule has 90 valence electrons. The number of aromatic nitrogens is 2. The summed E-state index contributed by atoms with van der Waals surface area (Å²) in [5, 5.41) is 4.53. The molecule has 0 atom stereocenters. The second-order valence-corrected chi connectivity index (χ2v) is 4.54. The second-order valence-electron chi connectivity index (χ2n) is 3.73. The first kappa shape index (κ1) is 12.4. The van der Waals surface area contributed by atoms with Gasteiger partial charge in [0.25, 0.3) is 0 Å². The molecule has 0 saturated carbocycles. The van der Waals surface area contributed by atoms with Crippen molar-refractivity contribution in [3.05, 3.63) is 52.5 Å². The molecule has 5 heteroatoms. The van der Waals surface area contributed by atoms with Gasteiger partial charge in [-0.15, -0.1) is 0 Å². The van der Waals surface area contributed by atoms with Crippen molar-refractivity contribution in [1.29, 1.82) is 0 Å². The van der Waals surface area contributed by atoms with Gasteiger partial charge >= 0.3 is 0 Å². The Hall–Kier alpha value is -1.03. The molecule has 0 radical (unpaired) electrons. The minimum atomic E-state index is 0.592. The van der Waals surface area contributed by atoms with Crippen LogP contribution in [0.4, 0.5) is 0 Å². The Morgan fingerprint density at radius 2 is 2.12 bits per heavy atom. The zero-order chi connectivity index (χ0) is 12.1. The summed E-state index contributed by atoms with van der Waals surface area (Å²) in [6, 6.07) is 5.67. The van der Waals surface area contributed by atoms with Crippen LogP contribution >= 0.6 is 23.2 Å². The van der Waals surface area contributed by atoms with Gasteiger partial charge < -0.3 is 9.88 Å². The lowest BCUT2D eigenvalue weighted by atomic mass is 10.2. The lowest BCUT2D eigenvalue weighted by molar-refractivity contribution is 0.597. The van der Waals surface area contributed by atoms with Crippen LogP contribution in [0, 0.1) is 0 Å². The molecule has 0 aliphatic heterocycles. The third kappa shape index (κ3) is 3.73. The van der Waals surface area contributed by atoms with E-state index in [0.717, 1.165) is 25.2 Å². The average Bonchev–Trinajstić information content (AvgIpc) is 2.82. The van der Waals surface area contributed by atoms with Crippen molar-refractivity contribution in [3.63, 3.8) is 0 Å². The minimum Gasteiger partial charge on any atom is -0.336 e. The van der Waals surface area contributed by atoms with Crippen molar-refractivity contribution in [3.8, 4) is 0 Å². The first-order chi connectivity index (χ1) is 8.25. The third-order valence-electron chi connectivity index (χ3n) is 2.42. The molecule has 1 aromatic carbocycles. The van der Waals surface area contributed by atoms with Gasteiger partial charge in [-0.05, 0) is 17.7 Å². The Kier molecular flexibility index (Phi) is 4.42. The molecule has 0 unspecified atom stereocenters. The van der Waals surface area contributed by atoms with Crippen LogP contribution in [0.15, 0.2) is 36.9 Å². The van der Waals surface area contributed by atoms with E-state index in [1.807, 2.05) is 29.0 Å². The summed E-state index contributed by atoms with van der Waals surface area (Å²) in [5.41, 5.74) is 1.13. The summed E-state index contributed by atoms with van der Waals surface area (Å²) in [5.74, 6) is 0. The first-order valence-corrected chi connectivity index (χ1v) is 6.11. The van der Waals surface area contributed by atoms with Crippen LogP contribution in [-0.2, 0) is 13.1 Å². The summed E-state index contributed by atoms with van der Waals surface area (Å²) in [4.78, 5) is 3.98. The second kappa shape index (κ2) is 6.05. The highest BCUT2D eigenvalue weighted by molar-refractivity contribution is 6.42. The number of nitrogens with zero attached hydrogens (tertiary/aromatic N) is 2. The van der Waals surface area contributed by atoms with Crippen LogP contribution < -0.4 is 5.32 Å². The molecule has 2 rings (SSSR count). The molecule has 0 aliphatic rings. The van der Waals surface area contributed by atoms with Gasteiger partial charge in [0, 0.05) is 32.0 Å². The predicted octanol–water partition coefficient (Wildman–Crippen LogP) is 2.98. The quantitative estimate of drug-likeness (QED) is 0.846. The number of rotatable bonds is 5. The topological polar surface area (TPSA) is 29.9 Å². The van der Waals surface area contributed by atoms with Gasteiger partial charge in [0.1, 0.15) is 0 Å². The first-order valence-electron chi connectivity index (χ1n) is 5.36. The molecule has 1 N–H and O–H groups in total. The van der Waals surface area contributed by atoms with Crippen LogP contribution in [0.25, 0.3) is 0 Å². The monoisotopic (exact) mass is 269 g/mol. The van der Waals surface area contributed by atoms with E-state index in [-0.39, 0.29) is 0 Å². The lowest BCUT2D eigenvalue weighted by Crippen LogP contribution is -2.18. The number of hydrogen-bond donors (Lipinski definition) is 1. The van der Waals surface area contributed by atoms with Crippen LogP contribution in [0.1, 0.15) is 5.56 Å². The van der Waals surface area contributed by atoms with Gasteiger partial charge in [-0.1, -0.05) is 29.3 Å². The van der Waals surface area contributed by atoms with E-state index in [9.17, 15) is 0 Å². The molecule has 1 aromatic heterocycles. The van der Waals surface area contributed by atoms with Gasteiger partial charge in [-0.3, -0.25) is 0 Å². The van der Waals surface area contributed by atoms with Crippen LogP contribution in [0.2, 0.25) is 10.0 Å². The molecule has 0 saturated heterocycles. The normalized spacial score (nSPS) is 10.7. The van der Waals surface area contributed by atoms with E-state index in [2.05, 4.69) is 10.3 Å². The number of halogens is 2. The van der Waals surface area contributed by atoms with Crippen LogP contribution in [0.3, 0.4) is 0 Å². The molecule has 0 fully saturated rings. The summed E-state index contributed by atoms with van der Waals surface area (Å²) in [6.45, 7) is 2.57. The molecular weight excluding hydrogens is 257 g/mol. The number of imidazole rings is 1. The maximum absolute atomic E-state index is 5.94. The highest BCUT2D eigenvalue weighted by Crippen LogP contribution is 2.22. The van der Waals surface area contributed by atoms with Crippen LogP contribution in [-0.4, -0.2) is 16.1 Å². The van der Waals surface area contributed by atoms with E-state index < -0.39 is 0 Å². The number of nitrogens with one attached hydrogen (secondary N) is 1. The fraction of sp³-hybridized carbons (Fsp3) is 0.250. The Bertz CT molecular complexity index is 469. The highest BCUT2D eigenvalue weighted by atomic mass is 35.5. The van der Waals surface area contributed by atoms with Gasteiger partial charge in [0.2, 0.25) is 0 Å². The molecule has 3 nitrogen and oxygen atoms in total. The van der Waals surface area contributed by atoms with Gasteiger partial charge in [0.15, 0.2) is 0 Å². The van der Waals surface area contributed by atoms with Gasteiger partial charge in [0.05, 0.1) is 16.4 Å². The molecule has 17 heavy (non-hydrogen) atoms. The minimum absolute atomic E-state index is 0.592. The molecule has 2 aromatic rings. The van der Waals surface area contributed by atoms with Crippen LogP contribution in [0.5, 0.6) is 0 Å². The summed E-state index contributed by atoms with van der Waals surface area (Å²) < 4.78 is 2.03. The molecule has 1 heterocycles. The van der Waals surface area contributed by atoms with Crippen molar-refractivity contribution in [1.82, 2.24) is 14.9 Å². The predicted molar refractivity (Wildman–Crippen MR) is 70.4 cm³/mol. The summed E-state index contributed by atoms with van der Waals surface area (Å²) in [6.07, 6.45) is 5.53. The van der Waals surface area contributed by atoms with Crippen molar-refractivity contribution in [2.24, 2.45) is 0 Å². The molecule has 0 spiro atoms. The van der Waals surface area contributed by atoms with Crippen molar-refractivity contribution in [2.45, 2.75) is 13.1 Å². The largest absolute Gasteiger partial charge is 0.336 e. The zero-order valence-corrected chi connectivity index (χ0v) is 10.7. The SMILES string of the molecule is Clc1ccc(CNCCn2ccnc2)cc1Cl. The molecular formula is C12H13Cl2N3. The Morgan fingerprint density at radius 3 is 2.82 bits per heavy atom. The van der Waals surface area contributed by atoms with Crippen molar-refractivity contribution >= 4 is 23.2 Å². The van der Waals surface area contributed by atoms with Gasteiger partial charge in [-0.25, -0.2) is 4.98 Å². The number of hydrogen-bond acceptors (Lipinski definition) is 2. The Morgan fingerprint density at radius 1 is 1.24 bits per heavy atom. The maximum Gasteiger partial charge on any atom is 0.0946 e. The standard InChI is InChI=1S/C12H13Cl2N3/c13-11-2-1-10(7-12(11)14)8-15-3-5-17-6-4-16-9-17/h1-2,4,6-7,9,15H,3,5,8H2. The molecule has 0 amide bonds. The van der Waals surface area contributed by atoms with Crippen molar-refractivity contribution in [2.75, 3.05) is 6.54 Å². The summed E-state index contributed by atoms with van der Waals surface area (Å²) in [7, 11) is 0. The smallest absolute Gasteiger partial charge is 0.0946 e. The lowest BCUT2D eigenvalue weighted by Gasteiger charge is -2.06. The summed E-state index contributed by atoms with van der Waals surface area (Å²) >= 11 is 11.8. The Balaban J connectivity index is 1.76. The third-order valence-corrected chi connectivity index (χ3v) is 3.16. The zero-order valence-electron chi connectivity index (χ0n) is 9.24. The van der Waals surface area contributed by atoms with E-state index in [1.54, 1.807) is 12.5 Å². The molecule has 0 bridgehead atoms. The average molecular weight is 270 g/mol. The maximum atomic E-state index is 5.94. The van der Waals surface area contributed by atoms with E-state index >= 15 is 0 Å². The number of benzene rings is 1. The Labute approximate surface area is 110 Å². The van der Waals surface area contributed by atoms with Crippen molar-refractivity contribution < 1.29 is 0 Å². The van der Waals surface area contributed by atoms with E-state index in [1.165, 1.54) is 0 Å². The fourth-order valence-electron chi connectivity index (χ4n) is 1.51.